The summed E-state index contributed by atoms with van der Waals surface area (Å²) in [4.78, 5) is 28.7. The molecule has 2 N–H and O–H groups in total. The van der Waals surface area contributed by atoms with E-state index in [9.17, 15) is 14.7 Å². The molecule has 0 fully saturated rings. The molecule has 1 heterocycles. The smallest absolute Gasteiger partial charge is 0.252 e. The van der Waals surface area contributed by atoms with Crippen LogP contribution < -0.4 is 16.1 Å². The zero-order valence-corrected chi connectivity index (χ0v) is 13.9. The van der Waals surface area contributed by atoms with Gasteiger partial charge >= 0.3 is 0 Å². The number of hydrogen-bond acceptors (Lipinski definition) is 6. The highest BCUT2D eigenvalue weighted by Gasteiger charge is 2.05. The van der Waals surface area contributed by atoms with Gasteiger partial charge in [0.1, 0.15) is 0 Å². The Kier molecular flexibility index (Phi) is 5.64. The number of anilines is 1. The number of aromatic amines is 1. The predicted octanol–water partition coefficient (Wildman–Crippen LogP) is 1.19. The molecule has 0 saturated carbocycles. The molecule has 1 aromatic heterocycles. The van der Waals surface area contributed by atoms with E-state index in [2.05, 4.69) is 36.4 Å². The number of nitrogens with zero attached hydrogens (tertiary/aromatic N) is 2. The molecule has 0 saturated heterocycles. The number of aromatic nitrogens is 2. The monoisotopic (exact) mass is 377 g/mol. The number of H-pyrrole nitrogens is 1. The minimum absolute atomic E-state index is 0.158. The van der Waals surface area contributed by atoms with Gasteiger partial charge in [-0.3, -0.25) is 9.78 Å². The Morgan fingerprint density at radius 1 is 1.35 bits per heavy atom. The maximum Gasteiger partial charge on any atom is 0.252 e. The van der Waals surface area contributed by atoms with Gasteiger partial charge < -0.3 is 9.90 Å². The Balaban J connectivity index is 2.26. The van der Waals surface area contributed by atoms with Crippen LogP contribution in [0.4, 0.5) is 5.95 Å². The highest BCUT2D eigenvalue weighted by molar-refractivity contribution is 9.10. The van der Waals surface area contributed by atoms with Gasteiger partial charge in [-0.2, -0.15) is 5.10 Å². The first-order chi connectivity index (χ1) is 10.9. The number of benzene rings is 1. The molecule has 0 aliphatic heterocycles. The molecule has 0 aliphatic carbocycles. The second kappa shape index (κ2) is 7.68. The number of carbonyl (C=O) groups is 1. The second-order valence-corrected chi connectivity index (χ2v) is 5.70. The lowest BCUT2D eigenvalue weighted by atomic mass is 10.1. The Labute approximate surface area is 140 Å². The molecular formula is C15H14BrN4O3-. The molecule has 120 valence electrons. The lowest BCUT2D eigenvalue weighted by molar-refractivity contribution is -0.305. The average molecular weight is 378 g/mol. The van der Waals surface area contributed by atoms with E-state index in [1.54, 1.807) is 6.92 Å². The number of halogens is 1. The summed E-state index contributed by atoms with van der Waals surface area (Å²) in [6.07, 6.45) is 0.0291. The van der Waals surface area contributed by atoms with Crippen LogP contribution in [0.1, 0.15) is 24.1 Å². The normalized spacial score (nSPS) is 11.3. The second-order valence-electron chi connectivity index (χ2n) is 4.78. The topological polar surface area (TPSA) is 110 Å². The van der Waals surface area contributed by atoms with E-state index in [1.807, 2.05) is 24.3 Å². The predicted molar refractivity (Wildman–Crippen MR) is 88.1 cm³/mol. The number of carboxylic acids is 1. The van der Waals surface area contributed by atoms with Gasteiger partial charge in [0.2, 0.25) is 5.95 Å². The van der Waals surface area contributed by atoms with E-state index in [4.69, 9.17) is 0 Å². The van der Waals surface area contributed by atoms with Gasteiger partial charge in [0.25, 0.3) is 5.56 Å². The van der Waals surface area contributed by atoms with Crippen molar-refractivity contribution >= 4 is 33.6 Å². The Morgan fingerprint density at radius 3 is 2.65 bits per heavy atom. The molecule has 0 spiro atoms. The fourth-order valence-corrected chi connectivity index (χ4v) is 2.14. The summed E-state index contributed by atoms with van der Waals surface area (Å²) < 4.78 is 0.901. The van der Waals surface area contributed by atoms with Crippen molar-refractivity contribution in [2.24, 2.45) is 5.10 Å². The molecule has 0 unspecified atom stereocenters. The van der Waals surface area contributed by atoms with Gasteiger partial charge in [0.15, 0.2) is 0 Å². The molecule has 2 rings (SSSR count). The highest BCUT2D eigenvalue weighted by atomic mass is 79.9. The first-order valence-corrected chi connectivity index (χ1v) is 7.59. The van der Waals surface area contributed by atoms with Gasteiger partial charge in [0.05, 0.1) is 5.71 Å². The molecule has 23 heavy (non-hydrogen) atoms. The number of aryl methyl sites for hydroxylation is 1. The van der Waals surface area contributed by atoms with Crippen LogP contribution in [0, 0.1) is 6.92 Å². The molecule has 0 bridgehead atoms. The Bertz CT molecular complexity index is 784. The number of nitrogens with one attached hydrogen (secondary N) is 2. The van der Waals surface area contributed by atoms with Gasteiger partial charge in [-0.1, -0.05) is 28.1 Å². The first kappa shape index (κ1) is 16.9. The summed E-state index contributed by atoms with van der Waals surface area (Å²) >= 11 is 3.34. The third kappa shape index (κ3) is 5.33. The van der Waals surface area contributed by atoms with Gasteiger partial charge in [-0.25, -0.2) is 10.4 Å². The van der Waals surface area contributed by atoms with Crippen molar-refractivity contribution in [2.45, 2.75) is 19.8 Å². The van der Waals surface area contributed by atoms with Crippen LogP contribution in [0.5, 0.6) is 0 Å². The zero-order valence-electron chi connectivity index (χ0n) is 12.3. The molecule has 7 nitrogen and oxygen atoms in total. The van der Waals surface area contributed by atoms with Crippen LogP contribution in [0.25, 0.3) is 0 Å². The maximum absolute atomic E-state index is 11.4. The van der Waals surface area contributed by atoms with E-state index >= 15 is 0 Å². The quantitative estimate of drug-likeness (QED) is 0.580. The molecular weight excluding hydrogens is 364 g/mol. The molecule has 0 aliphatic rings. The summed E-state index contributed by atoms with van der Waals surface area (Å²) in [5.74, 6) is -0.963. The molecule has 0 atom stereocenters. The standard InChI is InChI=1S/C15H15BrN4O3/c1-9-8-13(21)18-15(17-9)20-19-12(6-7-14(22)23)10-2-4-11(16)5-3-10/h2-5,8H,6-7H2,1H3,(H,22,23)(H2,17,18,20,21)/p-1/b19-12-. The average Bonchev–Trinajstić information content (AvgIpc) is 2.47. The maximum atomic E-state index is 11.4. The van der Waals surface area contributed by atoms with E-state index < -0.39 is 5.97 Å². The van der Waals surface area contributed by atoms with Crippen molar-refractivity contribution in [1.82, 2.24) is 9.97 Å². The SMILES string of the molecule is Cc1cc(=O)[nH]c(N/N=C(/CCC(=O)[O-])c2ccc(Br)cc2)n1. The fraction of sp³-hybridized carbons (Fsp3) is 0.200. The van der Waals surface area contributed by atoms with Crippen molar-refractivity contribution in [3.8, 4) is 0 Å². The fourth-order valence-electron chi connectivity index (χ4n) is 1.88. The third-order valence-electron chi connectivity index (χ3n) is 2.91. The molecule has 0 radical (unpaired) electrons. The minimum Gasteiger partial charge on any atom is -0.550 e. The lowest BCUT2D eigenvalue weighted by Gasteiger charge is -2.09. The third-order valence-corrected chi connectivity index (χ3v) is 3.44. The first-order valence-electron chi connectivity index (χ1n) is 6.80. The van der Waals surface area contributed by atoms with Crippen molar-refractivity contribution in [3.05, 3.63) is 56.4 Å². The van der Waals surface area contributed by atoms with Crippen LogP contribution in [0.2, 0.25) is 0 Å². The van der Waals surface area contributed by atoms with E-state index in [-0.39, 0.29) is 24.3 Å². The van der Waals surface area contributed by atoms with Crippen molar-refractivity contribution in [1.29, 1.82) is 0 Å². The van der Waals surface area contributed by atoms with Gasteiger partial charge in [-0.05, 0) is 37.5 Å². The molecule has 2 aromatic rings. The van der Waals surface area contributed by atoms with Crippen LogP contribution in [0.15, 0.2) is 44.7 Å². The number of hydrazone groups is 1. The Morgan fingerprint density at radius 2 is 2.04 bits per heavy atom. The molecule has 0 amide bonds. The number of hydrogen-bond donors (Lipinski definition) is 2. The number of carboxylic acid groups (broad SMARTS) is 1. The van der Waals surface area contributed by atoms with Crippen molar-refractivity contribution in [2.75, 3.05) is 5.43 Å². The molecule has 1 aromatic carbocycles. The van der Waals surface area contributed by atoms with Crippen LogP contribution in [-0.4, -0.2) is 21.6 Å². The van der Waals surface area contributed by atoms with Crippen LogP contribution >= 0.6 is 15.9 Å². The van der Waals surface area contributed by atoms with Crippen molar-refractivity contribution < 1.29 is 9.90 Å². The van der Waals surface area contributed by atoms with Crippen LogP contribution in [-0.2, 0) is 4.79 Å². The number of aliphatic carboxylic acids is 1. The van der Waals surface area contributed by atoms with E-state index in [0.29, 0.717) is 11.4 Å². The molecule has 8 heteroatoms. The highest BCUT2D eigenvalue weighted by Crippen LogP contribution is 2.13. The summed E-state index contributed by atoms with van der Waals surface area (Å²) in [6.45, 7) is 1.69. The summed E-state index contributed by atoms with van der Waals surface area (Å²) in [6, 6.07) is 8.65. The van der Waals surface area contributed by atoms with Crippen molar-refractivity contribution in [3.63, 3.8) is 0 Å². The summed E-state index contributed by atoms with van der Waals surface area (Å²) in [5, 5.41) is 14.9. The van der Waals surface area contributed by atoms with E-state index in [1.165, 1.54) is 6.07 Å². The van der Waals surface area contributed by atoms with Gasteiger partial charge in [-0.15, -0.1) is 0 Å². The van der Waals surface area contributed by atoms with Gasteiger partial charge in [0, 0.05) is 22.2 Å². The largest absolute Gasteiger partial charge is 0.550 e. The minimum atomic E-state index is -1.16. The summed E-state index contributed by atoms with van der Waals surface area (Å²) in [5.41, 5.74) is 4.19. The van der Waals surface area contributed by atoms with Crippen LogP contribution in [0.3, 0.4) is 0 Å². The Hall–Kier alpha value is -2.48. The zero-order chi connectivity index (χ0) is 16.8. The lowest BCUT2D eigenvalue weighted by Crippen LogP contribution is -2.23. The number of rotatable bonds is 6. The summed E-state index contributed by atoms with van der Waals surface area (Å²) in [7, 11) is 0. The van der Waals surface area contributed by atoms with E-state index in [0.717, 1.165) is 10.0 Å². The number of carbonyl (C=O) groups excluding carboxylic acids is 1.